The third-order valence-corrected chi connectivity index (χ3v) is 5.27. The van der Waals surface area contributed by atoms with Crippen molar-refractivity contribution >= 4 is 5.78 Å². The molecule has 0 unspecified atom stereocenters. The Morgan fingerprint density at radius 1 is 1.25 bits per heavy atom. The number of rotatable bonds is 2. The number of allylic oxidation sites excluding steroid dienone is 2. The summed E-state index contributed by atoms with van der Waals surface area (Å²) in [7, 11) is 0. The largest absolute Gasteiger partial charge is 0.294 e. The molecule has 2 aliphatic carbocycles. The summed E-state index contributed by atoms with van der Waals surface area (Å²) < 4.78 is 0. The Morgan fingerprint density at radius 2 is 1.95 bits per heavy atom. The number of fused-ring (bicyclic) bond motifs is 1. The molecule has 0 atom stereocenters. The molecule has 3 rings (SSSR count). The quantitative estimate of drug-likeness (QED) is 0.892. The van der Waals surface area contributed by atoms with E-state index in [9.17, 15) is 4.79 Å². The maximum atomic E-state index is 12.8. The van der Waals surface area contributed by atoms with Crippen LogP contribution in [-0.2, 0) is 16.6 Å². The first-order chi connectivity index (χ1) is 9.43. The number of carbonyl (C=O) groups excluding carboxylic acids is 1. The van der Waals surface area contributed by atoms with Crippen LogP contribution in [0.1, 0.15) is 64.6 Å². The lowest BCUT2D eigenvalue weighted by Gasteiger charge is -2.44. The van der Waals surface area contributed by atoms with E-state index < -0.39 is 0 Å². The molecule has 1 N–H and O–H groups in total. The lowest BCUT2D eigenvalue weighted by molar-refractivity contribution is -0.119. The number of Topliss-reactive ketones (excluding diaryl/α,β-unsaturated/α-hetero) is 1. The minimum absolute atomic E-state index is 0.0979. The topological polar surface area (TPSA) is 45.8 Å². The van der Waals surface area contributed by atoms with Crippen molar-refractivity contribution < 1.29 is 4.79 Å². The Balaban J connectivity index is 2.22. The number of hydrogen-bond donors (Lipinski definition) is 1. The molecule has 0 saturated heterocycles. The zero-order valence-corrected chi connectivity index (χ0v) is 13.0. The molecule has 0 radical (unpaired) electrons. The van der Waals surface area contributed by atoms with Crippen molar-refractivity contribution in [2.75, 3.05) is 0 Å². The highest BCUT2D eigenvalue weighted by molar-refractivity contribution is 6.00. The first kappa shape index (κ1) is 13.6. The van der Waals surface area contributed by atoms with Gasteiger partial charge in [-0.2, -0.15) is 5.10 Å². The van der Waals surface area contributed by atoms with Gasteiger partial charge in [0, 0.05) is 35.1 Å². The van der Waals surface area contributed by atoms with Gasteiger partial charge in [0.05, 0.1) is 6.20 Å². The second-order valence-electron chi connectivity index (χ2n) is 7.15. The summed E-state index contributed by atoms with van der Waals surface area (Å²) in [6.07, 6.45) is 6.48. The highest BCUT2D eigenvalue weighted by Gasteiger charge is 2.47. The highest BCUT2D eigenvalue weighted by atomic mass is 16.1. The molecule has 108 valence electrons. The van der Waals surface area contributed by atoms with Crippen LogP contribution >= 0.6 is 0 Å². The number of nitrogens with one attached hydrogen (secondary N) is 1. The first-order valence-electron chi connectivity index (χ1n) is 7.72. The molecule has 0 fully saturated rings. The molecule has 3 heteroatoms. The molecular weight excluding hydrogens is 248 g/mol. The van der Waals surface area contributed by atoms with E-state index in [4.69, 9.17) is 0 Å². The molecule has 20 heavy (non-hydrogen) atoms. The number of nitrogens with zero attached hydrogens (tertiary/aromatic N) is 1. The summed E-state index contributed by atoms with van der Waals surface area (Å²) in [5.74, 6) is 0.367. The zero-order chi connectivity index (χ0) is 14.5. The number of aromatic nitrogens is 2. The fraction of sp³-hybridized carbons (Fsp3) is 0.647. The lowest BCUT2D eigenvalue weighted by atomic mass is 9.58. The van der Waals surface area contributed by atoms with Gasteiger partial charge in [-0.05, 0) is 24.7 Å². The second kappa shape index (κ2) is 4.31. The molecule has 0 aliphatic heterocycles. The average Bonchev–Trinajstić information content (AvgIpc) is 2.83. The Bertz CT molecular complexity index is 588. The maximum absolute atomic E-state index is 12.8. The van der Waals surface area contributed by atoms with E-state index in [-0.39, 0.29) is 10.8 Å². The number of ketones is 1. The number of aromatic amines is 1. The summed E-state index contributed by atoms with van der Waals surface area (Å²) in [6.45, 7) is 8.81. The standard InChI is InChI=1S/C17H24N2O/c1-5-17(6-2)12-10-18-19-13(12)7-11-8-16(3,4)9-14(20)15(11)17/h10H,5-9H2,1-4H3,(H,18,19). The van der Waals surface area contributed by atoms with Gasteiger partial charge >= 0.3 is 0 Å². The molecule has 3 nitrogen and oxygen atoms in total. The molecule has 1 aromatic rings. The Morgan fingerprint density at radius 3 is 2.60 bits per heavy atom. The van der Waals surface area contributed by atoms with E-state index >= 15 is 0 Å². The molecule has 0 spiro atoms. The van der Waals surface area contributed by atoms with Crippen molar-refractivity contribution in [1.82, 2.24) is 10.2 Å². The predicted molar refractivity (Wildman–Crippen MR) is 79.6 cm³/mol. The highest BCUT2D eigenvalue weighted by Crippen LogP contribution is 2.51. The van der Waals surface area contributed by atoms with Crippen molar-refractivity contribution in [2.45, 2.75) is 65.2 Å². The SMILES string of the molecule is CCC1(CC)C2=C(Cc3[nH]ncc31)CC(C)(C)CC2=O. The van der Waals surface area contributed by atoms with Crippen LogP contribution in [0.5, 0.6) is 0 Å². The van der Waals surface area contributed by atoms with Gasteiger partial charge in [-0.3, -0.25) is 9.89 Å². The van der Waals surface area contributed by atoms with Gasteiger partial charge in [-0.1, -0.05) is 33.3 Å². The lowest BCUT2D eigenvalue weighted by Crippen LogP contribution is -2.41. The van der Waals surface area contributed by atoms with Gasteiger partial charge in [-0.25, -0.2) is 0 Å². The molecule has 2 aliphatic rings. The summed E-state index contributed by atoms with van der Waals surface area (Å²) in [6, 6.07) is 0. The minimum Gasteiger partial charge on any atom is -0.294 e. The summed E-state index contributed by atoms with van der Waals surface area (Å²) in [4.78, 5) is 12.8. The van der Waals surface area contributed by atoms with Crippen LogP contribution in [0.15, 0.2) is 17.3 Å². The van der Waals surface area contributed by atoms with Crippen molar-refractivity contribution in [1.29, 1.82) is 0 Å². The van der Waals surface area contributed by atoms with Gasteiger partial charge in [0.25, 0.3) is 0 Å². The average molecular weight is 272 g/mol. The summed E-state index contributed by atoms with van der Waals surface area (Å²) in [5, 5.41) is 7.41. The van der Waals surface area contributed by atoms with Gasteiger partial charge in [-0.15, -0.1) is 0 Å². The van der Waals surface area contributed by atoms with E-state index in [1.165, 1.54) is 16.8 Å². The molecule has 0 saturated carbocycles. The molecule has 1 aromatic heterocycles. The van der Waals surface area contributed by atoms with Crippen LogP contribution in [0.25, 0.3) is 0 Å². The van der Waals surface area contributed by atoms with Gasteiger partial charge in [0.1, 0.15) is 0 Å². The van der Waals surface area contributed by atoms with Crippen LogP contribution < -0.4 is 0 Å². The van der Waals surface area contributed by atoms with Crippen LogP contribution in [0.2, 0.25) is 0 Å². The van der Waals surface area contributed by atoms with Crippen LogP contribution in [0.4, 0.5) is 0 Å². The summed E-state index contributed by atoms with van der Waals surface area (Å²) in [5.41, 5.74) is 4.94. The first-order valence-corrected chi connectivity index (χ1v) is 7.72. The third kappa shape index (κ3) is 1.72. The molecule has 1 heterocycles. The van der Waals surface area contributed by atoms with E-state index in [2.05, 4.69) is 37.9 Å². The van der Waals surface area contributed by atoms with Crippen molar-refractivity contribution in [3.8, 4) is 0 Å². The number of carbonyl (C=O) groups is 1. The predicted octanol–water partition coefficient (Wildman–Crippen LogP) is 3.71. The van der Waals surface area contributed by atoms with Crippen molar-refractivity contribution in [2.24, 2.45) is 5.41 Å². The van der Waals surface area contributed by atoms with Crippen LogP contribution in [0, 0.1) is 5.41 Å². The molecule has 0 amide bonds. The van der Waals surface area contributed by atoms with Crippen LogP contribution in [-0.4, -0.2) is 16.0 Å². The molecule has 0 bridgehead atoms. The maximum Gasteiger partial charge on any atom is 0.160 e. The van der Waals surface area contributed by atoms with E-state index in [0.717, 1.165) is 31.3 Å². The summed E-state index contributed by atoms with van der Waals surface area (Å²) >= 11 is 0. The van der Waals surface area contributed by atoms with Gasteiger partial charge in [0.15, 0.2) is 5.78 Å². The number of hydrogen-bond acceptors (Lipinski definition) is 2. The Hall–Kier alpha value is -1.38. The monoisotopic (exact) mass is 272 g/mol. The van der Waals surface area contributed by atoms with Crippen molar-refractivity contribution in [3.05, 3.63) is 28.6 Å². The Kier molecular flexibility index (Phi) is 2.93. The fourth-order valence-electron chi connectivity index (χ4n) is 4.40. The van der Waals surface area contributed by atoms with Gasteiger partial charge < -0.3 is 0 Å². The van der Waals surface area contributed by atoms with Crippen molar-refractivity contribution in [3.63, 3.8) is 0 Å². The smallest absolute Gasteiger partial charge is 0.160 e. The van der Waals surface area contributed by atoms with E-state index in [0.29, 0.717) is 12.2 Å². The minimum atomic E-state index is -0.108. The van der Waals surface area contributed by atoms with E-state index in [1.54, 1.807) is 0 Å². The zero-order valence-electron chi connectivity index (χ0n) is 13.0. The van der Waals surface area contributed by atoms with Crippen LogP contribution in [0.3, 0.4) is 0 Å². The third-order valence-electron chi connectivity index (χ3n) is 5.27. The molecular formula is C17H24N2O. The van der Waals surface area contributed by atoms with Gasteiger partial charge in [0.2, 0.25) is 0 Å². The van der Waals surface area contributed by atoms with E-state index in [1.807, 2.05) is 6.20 Å². The normalized spacial score (nSPS) is 23.5. The number of H-pyrrole nitrogens is 1. The Labute approximate surface area is 120 Å². The fourth-order valence-corrected chi connectivity index (χ4v) is 4.40. The molecule has 0 aromatic carbocycles. The second-order valence-corrected chi connectivity index (χ2v) is 7.15.